The smallest absolute Gasteiger partial charge is 0.416 e. The summed E-state index contributed by atoms with van der Waals surface area (Å²) in [5, 5.41) is 8.19. The highest BCUT2D eigenvalue weighted by Crippen LogP contribution is 2.37. The number of aromatic nitrogens is 3. The third-order valence-corrected chi connectivity index (χ3v) is 7.30. The average molecular weight is 592 g/mol. The highest BCUT2D eigenvalue weighted by molar-refractivity contribution is 6.00. The third kappa shape index (κ3) is 7.39. The van der Waals surface area contributed by atoms with Crippen molar-refractivity contribution >= 4 is 23.4 Å². The number of urea groups is 1. The Bertz CT molecular complexity index is 1600. The van der Waals surface area contributed by atoms with E-state index in [4.69, 9.17) is 4.74 Å². The van der Waals surface area contributed by atoms with Crippen LogP contribution in [0.4, 0.5) is 35.3 Å². The van der Waals surface area contributed by atoms with Gasteiger partial charge in [0.05, 0.1) is 16.8 Å². The number of nitrogens with zero attached hydrogens (tertiary/aromatic N) is 4. The maximum atomic E-state index is 13.7. The Morgan fingerprint density at radius 2 is 1.74 bits per heavy atom. The average Bonchev–Trinajstić information content (AvgIpc) is 2.98. The van der Waals surface area contributed by atoms with Gasteiger partial charge in [0, 0.05) is 30.8 Å². The van der Waals surface area contributed by atoms with Gasteiger partial charge in [-0.1, -0.05) is 0 Å². The Labute approximate surface area is 247 Å². The predicted octanol–water partition coefficient (Wildman–Crippen LogP) is 7.15. The lowest BCUT2D eigenvalue weighted by Gasteiger charge is -2.29. The van der Waals surface area contributed by atoms with E-state index >= 15 is 0 Å². The van der Waals surface area contributed by atoms with E-state index < -0.39 is 17.8 Å². The minimum absolute atomic E-state index is 0.00312. The normalized spacial score (nSPS) is 14.3. The number of hydrogen-bond acceptors (Lipinski definition) is 7. The van der Waals surface area contributed by atoms with E-state index in [0.29, 0.717) is 45.6 Å². The van der Waals surface area contributed by atoms with Crippen molar-refractivity contribution in [3.63, 3.8) is 0 Å². The van der Waals surface area contributed by atoms with Gasteiger partial charge in [-0.3, -0.25) is 0 Å². The molecule has 43 heavy (non-hydrogen) atoms. The number of likely N-dealkylation sites (tertiary alicyclic amines) is 1. The van der Waals surface area contributed by atoms with Crippen LogP contribution in [0, 0.1) is 6.92 Å². The van der Waals surface area contributed by atoms with E-state index in [1.54, 1.807) is 55.8 Å². The fourth-order valence-electron chi connectivity index (χ4n) is 5.00. The third-order valence-electron chi connectivity index (χ3n) is 7.30. The molecule has 1 aliphatic rings. The molecule has 0 radical (unpaired) electrons. The molecule has 9 nitrogen and oxygen atoms in total. The van der Waals surface area contributed by atoms with Gasteiger partial charge in [-0.2, -0.15) is 13.2 Å². The van der Waals surface area contributed by atoms with Crippen molar-refractivity contribution < 1.29 is 22.7 Å². The highest BCUT2D eigenvalue weighted by Gasteiger charge is 2.32. The first kappa shape index (κ1) is 29.8. The van der Waals surface area contributed by atoms with E-state index in [9.17, 15) is 18.0 Å². The number of anilines is 3. The highest BCUT2D eigenvalue weighted by atomic mass is 19.4. The standard InChI is InChI=1S/C31H32F3N7O2/c1-19-15-23(6-7-27(19)43-28-25(5-4-11-36-28)26-8-12-37-29(35-2)40-26)38-30(42)39-24-17-21(16-22(18-24)31(32,33)34)20-9-13-41(3)14-10-20/h4-8,11-12,15-18,20H,9-10,13-14H2,1-3H3,(H,35,37,40)(H2,38,39,42). The van der Waals surface area contributed by atoms with E-state index in [1.807, 2.05) is 20.0 Å². The molecule has 1 saturated heterocycles. The Morgan fingerprint density at radius 3 is 2.47 bits per heavy atom. The number of ether oxygens (including phenoxy) is 1. The first-order valence-electron chi connectivity index (χ1n) is 13.8. The second-order valence-electron chi connectivity index (χ2n) is 10.5. The summed E-state index contributed by atoms with van der Waals surface area (Å²) in [7, 11) is 3.72. The maximum absolute atomic E-state index is 13.7. The van der Waals surface area contributed by atoms with Crippen LogP contribution in [0.25, 0.3) is 11.3 Å². The van der Waals surface area contributed by atoms with Crippen LogP contribution in [0.1, 0.15) is 35.4 Å². The first-order valence-corrected chi connectivity index (χ1v) is 13.8. The minimum atomic E-state index is -4.53. The number of hydrogen-bond donors (Lipinski definition) is 3. The summed E-state index contributed by atoms with van der Waals surface area (Å²) in [6, 6.07) is 13.5. The summed E-state index contributed by atoms with van der Waals surface area (Å²) in [4.78, 5) is 28.0. The summed E-state index contributed by atoms with van der Waals surface area (Å²) in [5.41, 5.74) is 2.33. The summed E-state index contributed by atoms with van der Waals surface area (Å²) >= 11 is 0. The molecular weight excluding hydrogens is 559 g/mol. The number of rotatable bonds is 7. The van der Waals surface area contributed by atoms with Gasteiger partial charge < -0.3 is 25.6 Å². The van der Waals surface area contributed by atoms with E-state index in [1.165, 1.54) is 6.07 Å². The SMILES string of the molecule is CNc1nccc(-c2cccnc2Oc2ccc(NC(=O)Nc3cc(C4CCN(C)CC4)cc(C(F)(F)F)c3)cc2C)n1. The van der Waals surface area contributed by atoms with E-state index in [0.717, 1.165) is 32.0 Å². The second-order valence-corrected chi connectivity index (χ2v) is 10.5. The molecule has 0 bridgehead atoms. The van der Waals surface area contributed by atoms with Crippen LogP contribution in [-0.4, -0.2) is 53.1 Å². The number of alkyl halides is 3. The Hall–Kier alpha value is -4.71. The monoisotopic (exact) mass is 591 g/mol. The second kappa shape index (κ2) is 12.7. The Kier molecular flexibility index (Phi) is 8.76. The molecule has 4 aromatic rings. The molecule has 2 aromatic heterocycles. The molecule has 5 rings (SSSR count). The molecule has 0 aliphatic carbocycles. The molecule has 1 fully saturated rings. The molecular formula is C31H32F3N7O2. The molecule has 2 aromatic carbocycles. The molecule has 0 saturated carbocycles. The van der Waals surface area contributed by atoms with Crippen molar-refractivity contribution in [2.45, 2.75) is 31.9 Å². The van der Waals surface area contributed by atoms with Crippen molar-refractivity contribution in [2.75, 3.05) is 43.1 Å². The lowest BCUT2D eigenvalue weighted by Crippen LogP contribution is -2.29. The van der Waals surface area contributed by atoms with Crippen molar-refractivity contribution in [3.8, 4) is 22.9 Å². The van der Waals surface area contributed by atoms with E-state index in [-0.39, 0.29) is 11.6 Å². The van der Waals surface area contributed by atoms with Gasteiger partial charge in [0.2, 0.25) is 11.8 Å². The topological polar surface area (TPSA) is 104 Å². The number of nitrogens with one attached hydrogen (secondary N) is 3. The van der Waals surface area contributed by atoms with Crippen LogP contribution in [0.2, 0.25) is 0 Å². The van der Waals surface area contributed by atoms with Crippen LogP contribution in [0.5, 0.6) is 11.6 Å². The van der Waals surface area contributed by atoms with Crippen molar-refractivity contribution in [2.24, 2.45) is 0 Å². The number of halogens is 3. The minimum Gasteiger partial charge on any atom is -0.438 e. The first-order chi connectivity index (χ1) is 20.6. The van der Waals surface area contributed by atoms with Gasteiger partial charge in [-0.25, -0.2) is 19.7 Å². The Balaban J connectivity index is 1.30. The van der Waals surface area contributed by atoms with Gasteiger partial charge >= 0.3 is 12.2 Å². The van der Waals surface area contributed by atoms with Crippen LogP contribution >= 0.6 is 0 Å². The number of aryl methyl sites for hydroxylation is 1. The molecule has 0 atom stereocenters. The maximum Gasteiger partial charge on any atom is 0.416 e. The lowest BCUT2D eigenvalue weighted by atomic mass is 9.88. The van der Waals surface area contributed by atoms with Gasteiger partial charge in [-0.15, -0.1) is 0 Å². The molecule has 0 unspecified atom stereocenters. The number of pyridine rings is 1. The molecule has 224 valence electrons. The number of carbonyl (C=O) groups is 1. The van der Waals surface area contributed by atoms with Crippen LogP contribution < -0.4 is 20.7 Å². The van der Waals surface area contributed by atoms with Crippen LogP contribution in [-0.2, 0) is 6.18 Å². The fourth-order valence-corrected chi connectivity index (χ4v) is 5.00. The molecule has 3 N–H and O–H groups in total. The summed E-state index contributed by atoms with van der Waals surface area (Å²) in [6.45, 7) is 3.43. The predicted molar refractivity (Wildman–Crippen MR) is 160 cm³/mol. The zero-order valence-corrected chi connectivity index (χ0v) is 24.0. The zero-order chi connectivity index (χ0) is 30.6. The van der Waals surface area contributed by atoms with Crippen LogP contribution in [0.15, 0.2) is 67.0 Å². The quantitative estimate of drug-likeness (QED) is 0.210. The summed E-state index contributed by atoms with van der Waals surface area (Å²) in [6.07, 6.45) is 0.231. The van der Waals surface area contributed by atoms with Gasteiger partial charge in [0.15, 0.2) is 0 Å². The van der Waals surface area contributed by atoms with Gasteiger partial charge in [0.25, 0.3) is 0 Å². The number of benzene rings is 2. The number of amides is 2. The molecule has 3 heterocycles. The number of piperidine rings is 1. The molecule has 2 amide bonds. The van der Waals surface area contributed by atoms with Crippen molar-refractivity contribution in [3.05, 3.63) is 83.7 Å². The molecule has 0 spiro atoms. The lowest BCUT2D eigenvalue weighted by molar-refractivity contribution is -0.137. The van der Waals surface area contributed by atoms with Crippen LogP contribution in [0.3, 0.4) is 0 Å². The largest absolute Gasteiger partial charge is 0.438 e. The summed E-state index contributed by atoms with van der Waals surface area (Å²) < 4.78 is 47.2. The summed E-state index contributed by atoms with van der Waals surface area (Å²) in [5.74, 6) is 1.31. The Morgan fingerprint density at radius 1 is 0.977 bits per heavy atom. The van der Waals surface area contributed by atoms with Gasteiger partial charge in [-0.05, 0) is 112 Å². The van der Waals surface area contributed by atoms with Gasteiger partial charge in [0.1, 0.15) is 5.75 Å². The van der Waals surface area contributed by atoms with Crippen molar-refractivity contribution in [1.29, 1.82) is 0 Å². The van der Waals surface area contributed by atoms with E-state index in [2.05, 4.69) is 35.8 Å². The van der Waals surface area contributed by atoms with Crippen molar-refractivity contribution in [1.82, 2.24) is 19.9 Å². The molecule has 1 aliphatic heterocycles. The zero-order valence-electron chi connectivity index (χ0n) is 24.0. The molecule has 12 heteroatoms. The number of carbonyl (C=O) groups excluding carboxylic acids is 1. The fraction of sp³-hybridized carbons (Fsp3) is 0.290.